The normalized spacial score (nSPS) is 13.4. The van der Waals surface area contributed by atoms with Crippen molar-refractivity contribution >= 4 is 27.6 Å². The Kier molecular flexibility index (Phi) is 9.16. The minimum Gasteiger partial charge on any atom is -0.493 e. The molecule has 0 N–H and O–H groups in total. The second-order valence-electron chi connectivity index (χ2n) is 12.4. The maximum absolute atomic E-state index is 13.8. The first-order valence-electron chi connectivity index (χ1n) is 16.9. The van der Waals surface area contributed by atoms with Crippen LogP contribution in [0.4, 0.5) is 0 Å². The number of carbonyl (C=O) groups is 1. The minimum atomic E-state index is -0.283. The fraction of sp³-hybridized carbons (Fsp3) is 0.300. The quantitative estimate of drug-likeness (QED) is 0.112. The third-order valence-corrected chi connectivity index (χ3v) is 9.20. The highest BCUT2D eigenvalue weighted by Gasteiger charge is 2.29. The van der Waals surface area contributed by atoms with Gasteiger partial charge in [0.15, 0.2) is 0 Å². The molecule has 2 aromatic heterocycles. The SMILES string of the molecule is CCOC(=O)c1c(CCCOc2cccc3ccccc23)c2cccc3c2n1CCCN(C)Cc1c-3c(COc2ccccc2)nn1C. The number of hydrogen-bond donors (Lipinski definition) is 0. The van der Waals surface area contributed by atoms with E-state index in [1.165, 1.54) is 0 Å². The second-order valence-corrected chi connectivity index (χ2v) is 12.4. The van der Waals surface area contributed by atoms with Crippen LogP contribution in [-0.2, 0) is 37.9 Å². The minimum absolute atomic E-state index is 0.283. The molecule has 0 spiro atoms. The van der Waals surface area contributed by atoms with Gasteiger partial charge >= 0.3 is 5.97 Å². The van der Waals surface area contributed by atoms with E-state index >= 15 is 0 Å². The summed E-state index contributed by atoms with van der Waals surface area (Å²) in [4.78, 5) is 16.1. The molecule has 8 nitrogen and oxygen atoms in total. The Balaban J connectivity index is 1.30. The van der Waals surface area contributed by atoms with Crippen LogP contribution < -0.4 is 9.47 Å². The van der Waals surface area contributed by atoms with Crippen molar-refractivity contribution < 1.29 is 19.0 Å². The summed E-state index contributed by atoms with van der Waals surface area (Å²) in [6.07, 6.45) is 2.31. The summed E-state index contributed by atoms with van der Waals surface area (Å²) in [5.41, 5.74) is 6.80. The van der Waals surface area contributed by atoms with E-state index in [1.807, 2.05) is 73.3 Å². The molecule has 8 heteroatoms. The maximum Gasteiger partial charge on any atom is 0.355 e. The molecule has 3 heterocycles. The van der Waals surface area contributed by atoms with Crippen molar-refractivity contribution in [3.63, 3.8) is 0 Å². The molecule has 1 aliphatic heterocycles. The van der Waals surface area contributed by atoms with Crippen molar-refractivity contribution in [2.75, 3.05) is 26.8 Å². The third kappa shape index (κ3) is 6.16. The van der Waals surface area contributed by atoms with Gasteiger partial charge in [-0.1, -0.05) is 72.8 Å². The van der Waals surface area contributed by atoms with Crippen LogP contribution in [-0.4, -0.2) is 52.0 Å². The predicted octanol–water partition coefficient (Wildman–Crippen LogP) is 7.80. The van der Waals surface area contributed by atoms with Gasteiger partial charge < -0.3 is 23.7 Å². The molecule has 246 valence electrons. The van der Waals surface area contributed by atoms with Crippen LogP contribution in [0.3, 0.4) is 0 Å². The highest BCUT2D eigenvalue weighted by molar-refractivity contribution is 6.05. The number of hydrogen-bond acceptors (Lipinski definition) is 6. The Bertz CT molecular complexity index is 2060. The number of benzene rings is 4. The number of aryl methyl sites for hydroxylation is 3. The zero-order valence-electron chi connectivity index (χ0n) is 27.9. The molecular formula is C40H42N4O4. The lowest BCUT2D eigenvalue weighted by atomic mass is 9.97. The van der Waals surface area contributed by atoms with Gasteiger partial charge in [-0.05, 0) is 68.9 Å². The van der Waals surface area contributed by atoms with Crippen LogP contribution in [0.5, 0.6) is 11.5 Å². The van der Waals surface area contributed by atoms with Crippen molar-refractivity contribution in [3.8, 4) is 22.6 Å². The summed E-state index contributed by atoms with van der Waals surface area (Å²) in [5, 5.41) is 8.32. The van der Waals surface area contributed by atoms with E-state index in [9.17, 15) is 4.79 Å². The smallest absolute Gasteiger partial charge is 0.355 e. The van der Waals surface area contributed by atoms with E-state index in [-0.39, 0.29) is 5.97 Å². The van der Waals surface area contributed by atoms with E-state index in [2.05, 4.69) is 52.9 Å². The molecule has 0 fully saturated rings. The topological polar surface area (TPSA) is 70.8 Å². The molecule has 48 heavy (non-hydrogen) atoms. The lowest BCUT2D eigenvalue weighted by Crippen LogP contribution is -2.24. The number of para-hydroxylation sites is 2. The lowest BCUT2D eigenvalue weighted by Gasteiger charge is -2.22. The van der Waals surface area contributed by atoms with Crippen LogP contribution in [0.1, 0.15) is 47.2 Å². The Hall–Kier alpha value is -5.08. The zero-order valence-corrected chi connectivity index (χ0v) is 27.9. The fourth-order valence-electron chi connectivity index (χ4n) is 7.06. The molecule has 0 saturated carbocycles. The molecule has 0 saturated heterocycles. The summed E-state index contributed by atoms with van der Waals surface area (Å²) in [7, 11) is 4.15. The highest BCUT2D eigenvalue weighted by Crippen LogP contribution is 2.40. The van der Waals surface area contributed by atoms with Gasteiger partial charge in [0.1, 0.15) is 29.5 Å². The molecule has 4 aromatic carbocycles. The van der Waals surface area contributed by atoms with Gasteiger partial charge in [0.25, 0.3) is 0 Å². The molecule has 0 radical (unpaired) electrons. The first-order chi connectivity index (χ1) is 23.5. The summed E-state index contributed by atoms with van der Waals surface area (Å²) in [5.74, 6) is 1.39. The van der Waals surface area contributed by atoms with Crippen LogP contribution in [0, 0.1) is 0 Å². The highest BCUT2D eigenvalue weighted by atomic mass is 16.5. The van der Waals surface area contributed by atoms with Gasteiger partial charge in [-0.25, -0.2) is 4.79 Å². The van der Waals surface area contributed by atoms with Crippen molar-refractivity contribution in [3.05, 3.63) is 114 Å². The van der Waals surface area contributed by atoms with Crippen molar-refractivity contribution in [2.24, 2.45) is 7.05 Å². The number of fused-ring (bicyclic) bond motifs is 3. The molecule has 7 rings (SSSR count). The van der Waals surface area contributed by atoms with E-state index in [0.29, 0.717) is 38.5 Å². The van der Waals surface area contributed by atoms with Gasteiger partial charge in [-0.2, -0.15) is 5.10 Å². The standard InChI is InChI=1S/C40H42N4O4/c1-4-46-40(45)39-32(21-12-25-47-36-22-10-15-28-14-8-9-18-30(28)36)31-19-11-20-33-37-34(27-48-29-16-6-5-7-17-29)41-43(3)35(37)26-42(2)23-13-24-44(39)38(31)33/h5-11,14-20,22H,4,12-13,21,23-27H2,1-3H3. The molecular weight excluding hydrogens is 600 g/mol. The number of aromatic nitrogens is 3. The maximum atomic E-state index is 13.8. The number of carbonyl (C=O) groups excluding carboxylic acids is 1. The van der Waals surface area contributed by atoms with Crippen molar-refractivity contribution in [1.29, 1.82) is 0 Å². The van der Waals surface area contributed by atoms with Crippen LogP contribution in [0.25, 0.3) is 32.8 Å². The summed E-state index contributed by atoms with van der Waals surface area (Å²) < 4.78 is 22.5. The van der Waals surface area contributed by atoms with E-state index in [1.54, 1.807) is 0 Å². The second kappa shape index (κ2) is 14.0. The Labute approximate surface area is 281 Å². The zero-order chi connectivity index (χ0) is 33.0. The van der Waals surface area contributed by atoms with Crippen LogP contribution in [0.15, 0.2) is 91.0 Å². The first kappa shape index (κ1) is 31.5. The number of rotatable bonds is 10. The number of nitrogens with zero attached hydrogens (tertiary/aromatic N) is 4. The fourth-order valence-corrected chi connectivity index (χ4v) is 7.06. The molecule has 1 aliphatic rings. The van der Waals surface area contributed by atoms with E-state index in [0.717, 1.165) is 87.2 Å². The Morgan fingerprint density at radius 3 is 2.48 bits per heavy atom. The van der Waals surface area contributed by atoms with Gasteiger partial charge in [0.05, 0.1) is 24.4 Å². The van der Waals surface area contributed by atoms with Gasteiger partial charge in [-0.15, -0.1) is 0 Å². The van der Waals surface area contributed by atoms with Crippen molar-refractivity contribution in [2.45, 2.75) is 45.9 Å². The molecule has 0 bridgehead atoms. The third-order valence-electron chi connectivity index (χ3n) is 9.20. The monoisotopic (exact) mass is 642 g/mol. The Morgan fingerprint density at radius 2 is 1.62 bits per heavy atom. The molecule has 0 amide bonds. The summed E-state index contributed by atoms with van der Waals surface area (Å²) >= 11 is 0. The van der Waals surface area contributed by atoms with Crippen LogP contribution in [0.2, 0.25) is 0 Å². The van der Waals surface area contributed by atoms with Gasteiger partial charge in [0.2, 0.25) is 0 Å². The molecule has 0 atom stereocenters. The van der Waals surface area contributed by atoms with E-state index < -0.39 is 0 Å². The largest absolute Gasteiger partial charge is 0.493 e. The molecule has 0 unspecified atom stereocenters. The van der Waals surface area contributed by atoms with Gasteiger partial charge in [-0.3, -0.25) is 4.68 Å². The predicted molar refractivity (Wildman–Crippen MR) is 190 cm³/mol. The van der Waals surface area contributed by atoms with E-state index in [4.69, 9.17) is 19.3 Å². The molecule has 6 aromatic rings. The van der Waals surface area contributed by atoms with Crippen molar-refractivity contribution in [1.82, 2.24) is 19.2 Å². The lowest BCUT2D eigenvalue weighted by molar-refractivity contribution is 0.0512. The number of esters is 1. The summed E-state index contributed by atoms with van der Waals surface area (Å²) in [6.45, 7) is 5.36. The van der Waals surface area contributed by atoms with Crippen LogP contribution >= 0.6 is 0 Å². The number of ether oxygens (including phenoxy) is 3. The average Bonchev–Trinajstić information content (AvgIpc) is 3.59. The van der Waals surface area contributed by atoms with Gasteiger partial charge in [0, 0.05) is 42.0 Å². The average molecular weight is 643 g/mol. The molecule has 0 aliphatic carbocycles. The Morgan fingerprint density at radius 1 is 0.854 bits per heavy atom. The summed E-state index contributed by atoms with van der Waals surface area (Å²) in [6, 6.07) is 30.7. The first-order valence-corrected chi connectivity index (χ1v) is 16.9.